The number of ether oxygens (including phenoxy) is 1. The molecular formula is C11H9NO2. The van der Waals surface area contributed by atoms with Crippen LogP contribution in [0.1, 0.15) is 5.56 Å². The van der Waals surface area contributed by atoms with E-state index in [1.54, 1.807) is 24.3 Å². The van der Waals surface area contributed by atoms with Crippen LogP contribution in [-0.2, 0) is 9.53 Å². The first kappa shape index (κ1) is 10.0. The second-order valence-electron chi connectivity index (χ2n) is 2.47. The van der Waals surface area contributed by atoms with Gasteiger partial charge in [0.2, 0.25) is 0 Å². The van der Waals surface area contributed by atoms with Gasteiger partial charge in [0.05, 0.1) is 12.8 Å². The van der Waals surface area contributed by atoms with E-state index in [0.717, 1.165) is 11.8 Å². The van der Waals surface area contributed by atoms with Crippen LogP contribution in [0.2, 0.25) is 0 Å². The van der Waals surface area contributed by atoms with E-state index >= 15 is 0 Å². The predicted molar refractivity (Wildman–Crippen MR) is 54.5 cm³/mol. The average molecular weight is 187 g/mol. The van der Waals surface area contributed by atoms with Crippen LogP contribution in [0, 0.1) is 12.3 Å². The molecule has 3 nitrogen and oxygen atoms in total. The van der Waals surface area contributed by atoms with E-state index in [4.69, 9.17) is 6.42 Å². The monoisotopic (exact) mass is 187 g/mol. The average Bonchev–Trinajstić information content (AvgIpc) is 2.26. The molecule has 0 aliphatic carbocycles. The molecule has 0 saturated heterocycles. The van der Waals surface area contributed by atoms with Gasteiger partial charge in [0.1, 0.15) is 6.21 Å². The smallest absolute Gasteiger partial charge is 0.349 e. The molecule has 0 bridgehead atoms. The fourth-order valence-electron chi connectivity index (χ4n) is 0.824. The number of carbonyl (C=O) groups is 1. The van der Waals surface area contributed by atoms with Gasteiger partial charge in [-0.25, -0.2) is 9.79 Å². The van der Waals surface area contributed by atoms with Gasteiger partial charge < -0.3 is 4.74 Å². The maximum absolute atomic E-state index is 10.7. The third-order valence-corrected chi connectivity index (χ3v) is 1.55. The summed E-state index contributed by atoms with van der Waals surface area (Å²) < 4.78 is 4.40. The van der Waals surface area contributed by atoms with Gasteiger partial charge >= 0.3 is 5.97 Å². The van der Waals surface area contributed by atoms with Gasteiger partial charge in [-0.3, -0.25) is 0 Å². The highest BCUT2D eigenvalue weighted by atomic mass is 16.5. The zero-order valence-electron chi connectivity index (χ0n) is 7.73. The van der Waals surface area contributed by atoms with E-state index in [9.17, 15) is 4.79 Å². The predicted octanol–water partition coefficient (Wildman–Crippen LogP) is 1.54. The molecule has 0 aliphatic rings. The lowest BCUT2D eigenvalue weighted by Gasteiger charge is -1.93. The molecule has 0 N–H and O–H groups in total. The zero-order valence-corrected chi connectivity index (χ0v) is 7.73. The van der Waals surface area contributed by atoms with E-state index in [1.807, 2.05) is 0 Å². The van der Waals surface area contributed by atoms with Crippen molar-refractivity contribution >= 4 is 17.9 Å². The number of methoxy groups -OCH3 is 1. The molecule has 0 saturated carbocycles. The van der Waals surface area contributed by atoms with Gasteiger partial charge in [0.15, 0.2) is 0 Å². The lowest BCUT2D eigenvalue weighted by molar-refractivity contribution is -0.132. The molecule has 1 aromatic rings. The van der Waals surface area contributed by atoms with Crippen LogP contribution < -0.4 is 0 Å². The molecule has 0 unspecified atom stereocenters. The van der Waals surface area contributed by atoms with Crippen LogP contribution in [-0.4, -0.2) is 19.3 Å². The molecule has 0 radical (unpaired) electrons. The number of esters is 1. The van der Waals surface area contributed by atoms with Crippen molar-refractivity contribution in [1.29, 1.82) is 0 Å². The Bertz CT molecular complexity index is 385. The van der Waals surface area contributed by atoms with Gasteiger partial charge in [0, 0.05) is 5.56 Å². The second kappa shape index (κ2) is 4.83. The number of aliphatic imine (C=N–C) groups is 1. The normalized spacial score (nSPS) is 9.71. The maximum Gasteiger partial charge on any atom is 0.349 e. The summed E-state index contributed by atoms with van der Waals surface area (Å²) in [6.45, 7) is 0. The van der Waals surface area contributed by atoms with Gasteiger partial charge in [-0.15, -0.1) is 6.42 Å². The Labute approximate surface area is 82.4 Å². The van der Waals surface area contributed by atoms with Gasteiger partial charge in [-0.1, -0.05) is 5.92 Å². The van der Waals surface area contributed by atoms with Crippen molar-refractivity contribution in [2.75, 3.05) is 7.11 Å². The van der Waals surface area contributed by atoms with Crippen LogP contribution in [0.5, 0.6) is 0 Å². The van der Waals surface area contributed by atoms with E-state index < -0.39 is 5.97 Å². The first-order valence-electron chi connectivity index (χ1n) is 3.95. The molecule has 0 atom stereocenters. The van der Waals surface area contributed by atoms with E-state index in [2.05, 4.69) is 15.6 Å². The van der Waals surface area contributed by atoms with Gasteiger partial charge in [-0.2, -0.15) is 0 Å². The molecule has 70 valence electrons. The third-order valence-electron chi connectivity index (χ3n) is 1.55. The highest BCUT2D eigenvalue weighted by Crippen LogP contribution is 2.11. The number of benzene rings is 1. The molecule has 0 fully saturated rings. The molecule has 0 aliphatic heterocycles. The van der Waals surface area contributed by atoms with Crippen LogP contribution in [0.3, 0.4) is 0 Å². The topological polar surface area (TPSA) is 38.7 Å². The van der Waals surface area contributed by atoms with Gasteiger partial charge in [-0.05, 0) is 24.3 Å². The standard InChI is InChI=1S/C11H9NO2/c1-3-9-4-6-10(7-5-9)12-8-11(13)14-2/h1,4-8H,2H3. The SMILES string of the molecule is C#Cc1ccc(N=CC(=O)OC)cc1. The molecule has 14 heavy (non-hydrogen) atoms. The summed E-state index contributed by atoms with van der Waals surface area (Å²) in [7, 11) is 1.30. The summed E-state index contributed by atoms with van der Waals surface area (Å²) >= 11 is 0. The van der Waals surface area contributed by atoms with Crippen LogP contribution in [0.15, 0.2) is 29.3 Å². The fraction of sp³-hybridized carbons (Fsp3) is 0.0909. The van der Waals surface area contributed by atoms with Crippen molar-refractivity contribution in [2.24, 2.45) is 4.99 Å². The van der Waals surface area contributed by atoms with E-state index in [0.29, 0.717) is 5.69 Å². The highest BCUT2D eigenvalue weighted by Gasteiger charge is 1.93. The lowest BCUT2D eigenvalue weighted by Crippen LogP contribution is -1.99. The largest absolute Gasteiger partial charge is 0.465 e. The first-order chi connectivity index (χ1) is 6.76. The van der Waals surface area contributed by atoms with Crippen molar-refractivity contribution in [2.45, 2.75) is 0 Å². The summed E-state index contributed by atoms with van der Waals surface area (Å²) in [4.78, 5) is 14.6. The third kappa shape index (κ3) is 2.76. The zero-order chi connectivity index (χ0) is 10.4. The number of hydrogen-bond acceptors (Lipinski definition) is 3. The number of nitrogens with zero attached hydrogens (tertiary/aromatic N) is 1. The maximum atomic E-state index is 10.7. The van der Waals surface area contributed by atoms with Crippen molar-refractivity contribution in [3.05, 3.63) is 29.8 Å². The molecule has 0 heterocycles. The second-order valence-corrected chi connectivity index (χ2v) is 2.47. The Morgan fingerprint density at radius 3 is 2.64 bits per heavy atom. The summed E-state index contributed by atoms with van der Waals surface area (Å²) in [5, 5.41) is 0. The van der Waals surface area contributed by atoms with E-state index in [1.165, 1.54) is 7.11 Å². The lowest BCUT2D eigenvalue weighted by atomic mass is 10.2. The minimum atomic E-state index is -0.481. The Morgan fingerprint density at radius 2 is 2.14 bits per heavy atom. The number of hydrogen-bond donors (Lipinski definition) is 0. The fourth-order valence-corrected chi connectivity index (χ4v) is 0.824. The summed E-state index contributed by atoms with van der Waals surface area (Å²) in [6, 6.07) is 6.97. The number of rotatable bonds is 2. The summed E-state index contributed by atoms with van der Waals surface area (Å²) in [5.41, 5.74) is 1.44. The van der Waals surface area contributed by atoms with Crippen LogP contribution >= 0.6 is 0 Å². The summed E-state index contributed by atoms with van der Waals surface area (Å²) in [6.07, 6.45) is 6.30. The Kier molecular flexibility index (Phi) is 3.45. The quantitative estimate of drug-likeness (QED) is 0.400. The highest BCUT2D eigenvalue weighted by molar-refractivity contribution is 6.23. The Hall–Kier alpha value is -2.08. The van der Waals surface area contributed by atoms with Crippen molar-refractivity contribution in [3.63, 3.8) is 0 Å². The molecular weight excluding hydrogens is 178 g/mol. The first-order valence-corrected chi connectivity index (χ1v) is 3.95. The van der Waals surface area contributed by atoms with Crippen LogP contribution in [0.4, 0.5) is 5.69 Å². The molecule has 1 rings (SSSR count). The molecule has 0 aromatic heterocycles. The minimum absolute atomic E-state index is 0.481. The number of carbonyl (C=O) groups excluding carboxylic acids is 1. The Morgan fingerprint density at radius 1 is 1.50 bits per heavy atom. The van der Waals surface area contributed by atoms with Gasteiger partial charge in [0.25, 0.3) is 0 Å². The molecule has 1 aromatic carbocycles. The minimum Gasteiger partial charge on any atom is -0.465 e. The molecule has 3 heteroatoms. The number of terminal acetylenes is 1. The van der Waals surface area contributed by atoms with Crippen molar-refractivity contribution in [3.8, 4) is 12.3 Å². The van der Waals surface area contributed by atoms with E-state index in [-0.39, 0.29) is 0 Å². The van der Waals surface area contributed by atoms with Crippen molar-refractivity contribution in [1.82, 2.24) is 0 Å². The molecule has 0 amide bonds. The van der Waals surface area contributed by atoms with Crippen molar-refractivity contribution < 1.29 is 9.53 Å². The van der Waals surface area contributed by atoms with Crippen LogP contribution in [0.25, 0.3) is 0 Å². The Balaban J connectivity index is 2.74. The summed E-state index contributed by atoms with van der Waals surface area (Å²) in [5.74, 6) is 2.01. The molecule has 0 spiro atoms.